The van der Waals surface area contributed by atoms with Crippen LogP contribution in [0.3, 0.4) is 0 Å². The summed E-state index contributed by atoms with van der Waals surface area (Å²) in [5, 5.41) is 14.0. The largest absolute Gasteiger partial charge is 0.488 e. The number of ether oxygens (including phenoxy) is 2. The normalized spacial score (nSPS) is 12.9. The first-order valence-corrected chi connectivity index (χ1v) is 13.4. The molecule has 9 heteroatoms. The van der Waals surface area contributed by atoms with Crippen LogP contribution >= 0.6 is 34.5 Å². The molecule has 1 amide bonds. The van der Waals surface area contributed by atoms with Crippen LogP contribution in [0.15, 0.2) is 48.0 Å². The first-order chi connectivity index (χ1) is 17.9. The van der Waals surface area contributed by atoms with Gasteiger partial charge in [-0.15, -0.1) is 11.3 Å². The van der Waals surface area contributed by atoms with Gasteiger partial charge < -0.3 is 14.8 Å². The average molecular weight is 555 g/mol. The lowest BCUT2D eigenvalue weighted by Crippen LogP contribution is -2.16. The van der Waals surface area contributed by atoms with Gasteiger partial charge in [-0.2, -0.15) is 5.26 Å². The number of hydrogen-bond acceptors (Lipinski definition) is 6. The van der Waals surface area contributed by atoms with Gasteiger partial charge in [0.2, 0.25) is 0 Å². The zero-order valence-electron chi connectivity index (χ0n) is 20.1. The van der Waals surface area contributed by atoms with E-state index in [1.807, 2.05) is 18.2 Å². The van der Waals surface area contributed by atoms with Crippen LogP contribution in [-0.2, 0) is 29.0 Å². The summed E-state index contributed by atoms with van der Waals surface area (Å²) in [4.78, 5) is 27.0. The fourth-order valence-electron chi connectivity index (χ4n) is 4.10. The predicted octanol–water partition coefficient (Wildman–Crippen LogP) is 7.24. The van der Waals surface area contributed by atoms with E-state index < -0.39 is 11.9 Å². The van der Waals surface area contributed by atoms with Crippen LogP contribution in [0.25, 0.3) is 6.08 Å². The Morgan fingerprint density at radius 3 is 2.68 bits per heavy atom. The van der Waals surface area contributed by atoms with Crippen molar-refractivity contribution in [2.24, 2.45) is 0 Å². The third kappa shape index (κ3) is 6.53. The molecular weight excluding hydrogens is 531 g/mol. The number of nitrogens with zero attached hydrogens (tertiary/aromatic N) is 1. The Labute approximate surface area is 229 Å². The highest BCUT2D eigenvalue weighted by molar-refractivity contribution is 7.17. The Hall–Kier alpha value is -3.31. The molecule has 0 aliphatic heterocycles. The molecule has 190 valence electrons. The molecule has 0 atom stereocenters. The number of esters is 1. The zero-order valence-corrected chi connectivity index (χ0v) is 22.4. The van der Waals surface area contributed by atoms with Crippen LogP contribution in [0.2, 0.25) is 10.0 Å². The highest BCUT2D eigenvalue weighted by Gasteiger charge is 2.28. The van der Waals surface area contributed by atoms with Gasteiger partial charge in [-0.3, -0.25) is 4.79 Å². The van der Waals surface area contributed by atoms with Crippen LogP contribution in [0.1, 0.15) is 51.7 Å². The second-order valence-corrected chi connectivity index (χ2v) is 10.3. The quantitative estimate of drug-likeness (QED) is 0.180. The van der Waals surface area contributed by atoms with Gasteiger partial charge in [0.25, 0.3) is 5.91 Å². The number of rotatable bonds is 8. The number of carbonyl (C=O) groups is 2. The van der Waals surface area contributed by atoms with E-state index in [0.29, 0.717) is 31.9 Å². The van der Waals surface area contributed by atoms with Crippen LogP contribution in [0.4, 0.5) is 5.00 Å². The third-order valence-electron chi connectivity index (χ3n) is 5.80. The number of fused-ring (bicyclic) bond motifs is 1. The van der Waals surface area contributed by atoms with Gasteiger partial charge in [0.1, 0.15) is 29.0 Å². The molecular formula is C28H24Cl2N2O4S. The zero-order chi connectivity index (χ0) is 26.4. The summed E-state index contributed by atoms with van der Waals surface area (Å²) < 4.78 is 11.2. The number of benzene rings is 2. The molecule has 6 nitrogen and oxygen atoms in total. The number of thiophene rings is 1. The smallest absolute Gasteiger partial charge is 0.341 e. The summed E-state index contributed by atoms with van der Waals surface area (Å²) in [7, 11) is 0. The minimum absolute atomic E-state index is 0.156. The van der Waals surface area contributed by atoms with Gasteiger partial charge in [0.05, 0.1) is 12.2 Å². The van der Waals surface area contributed by atoms with E-state index in [0.717, 1.165) is 41.7 Å². The Morgan fingerprint density at radius 2 is 1.92 bits per heavy atom. The Morgan fingerprint density at radius 1 is 1.14 bits per heavy atom. The minimum Gasteiger partial charge on any atom is -0.488 e. The first-order valence-electron chi connectivity index (χ1n) is 11.8. The van der Waals surface area contributed by atoms with E-state index in [4.69, 9.17) is 32.7 Å². The number of halogens is 2. The van der Waals surface area contributed by atoms with Crippen molar-refractivity contribution in [3.63, 3.8) is 0 Å². The topological polar surface area (TPSA) is 88.4 Å². The van der Waals surface area contributed by atoms with E-state index in [2.05, 4.69) is 5.32 Å². The van der Waals surface area contributed by atoms with Crippen molar-refractivity contribution in [1.29, 1.82) is 5.26 Å². The van der Waals surface area contributed by atoms with Crippen molar-refractivity contribution in [3.8, 4) is 11.8 Å². The van der Waals surface area contributed by atoms with Crippen molar-refractivity contribution in [2.45, 2.75) is 39.2 Å². The molecule has 0 unspecified atom stereocenters. The third-order valence-corrected chi connectivity index (χ3v) is 7.48. The molecule has 1 heterocycles. The molecule has 3 aromatic rings. The molecule has 0 saturated heterocycles. The average Bonchev–Trinajstić information content (AvgIpc) is 3.24. The van der Waals surface area contributed by atoms with Gasteiger partial charge in [0.15, 0.2) is 0 Å². The molecule has 4 rings (SSSR count). The van der Waals surface area contributed by atoms with E-state index in [1.54, 1.807) is 37.3 Å². The number of carbonyl (C=O) groups excluding carboxylic acids is 2. The lowest BCUT2D eigenvalue weighted by atomic mass is 9.95. The number of nitrogens with one attached hydrogen (secondary N) is 1. The first kappa shape index (κ1) is 26.7. The van der Waals surface area contributed by atoms with Crippen molar-refractivity contribution in [3.05, 3.63) is 85.2 Å². The summed E-state index contributed by atoms with van der Waals surface area (Å²) in [6, 6.07) is 14.2. The Bertz CT molecular complexity index is 1410. The fourth-order valence-corrected chi connectivity index (χ4v) is 5.76. The molecule has 37 heavy (non-hydrogen) atoms. The summed E-state index contributed by atoms with van der Waals surface area (Å²) in [5.74, 6) is -0.651. The number of anilines is 1. The molecule has 0 saturated carbocycles. The molecule has 2 aromatic carbocycles. The molecule has 1 aliphatic rings. The van der Waals surface area contributed by atoms with E-state index in [1.165, 1.54) is 17.4 Å². The maximum absolute atomic E-state index is 13.2. The van der Waals surface area contributed by atoms with Gasteiger partial charge in [-0.25, -0.2) is 4.79 Å². The maximum Gasteiger partial charge on any atom is 0.341 e. The van der Waals surface area contributed by atoms with Gasteiger partial charge >= 0.3 is 5.97 Å². The van der Waals surface area contributed by atoms with Crippen molar-refractivity contribution in [2.75, 3.05) is 11.9 Å². The van der Waals surface area contributed by atoms with Crippen molar-refractivity contribution < 1.29 is 19.1 Å². The number of hydrogen-bond donors (Lipinski definition) is 1. The maximum atomic E-state index is 13.2. The molecule has 0 radical (unpaired) electrons. The van der Waals surface area contributed by atoms with Gasteiger partial charge in [-0.1, -0.05) is 35.3 Å². The summed E-state index contributed by atoms with van der Waals surface area (Å²) >= 11 is 13.6. The van der Waals surface area contributed by atoms with Crippen LogP contribution in [0.5, 0.6) is 5.75 Å². The molecule has 0 fully saturated rings. The highest BCUT2D eigenvalue weighted by atomic mass is 35.5. The van der Waals surface area contributed by atoms with Crippen LogP contribution in [-0.4, -0.2) is 18.5 Å². The monoisotopic (exact) mass is 554 g/mol. The van der Waals surface area contributed by atoms with Gasteiger partial charge in [0, 0.05) is 20.5 Å². The number of nitriles is 1. The molecule has 1 aromatic heterocycles. The highest BCUT2D eigenvalue weighted by Crippen LogP contribution is 2.39. The minimum atomic E-state index is -0.632. The SMILES string of the molecule is CCOC(=O)c1c(NC(=O)/C(C#N)=C/c2cc(Cl)ccc2OCc2cccc(Cl)c2)sc2c1CCCC2. The number of amides is 1. The van der Waals surface area contributed by atoms with Crippen molar-refractivity contribution >= 4 is 57.5 Å². The molecule has 1 N–H and O–H groups in total. The Balaban J connectivity index is 1.60. The molecule has 0 spiro atoms. The van der Waals surface area contributed by atoms with Crippen LogP contribution < -0.4 is 10.1 Å². The fraction of sp³-hybridized carbons (Fsp3) is 0.250. The lowest BCUT2D eigenvalue weighted by Gasteiger charge is -2.12. The van der Waals surface area contributed by atoms with Gasteiger partial charge in [-0.05, 0) is 80.1 Å². The van der Waals surface area contributed by atoms with Crippen LogP contribution in [0, 0.1) is 11.3 Å². The summed E-state index contributed by atoms with van der Waals surface area (Å²) in [6.45, 7) is 2.20. The summed E-state index contributed by atoms with van der Waals surface area (Å²) in [5.41, 5.74) is 2.50. The summed E-state index contributed by atoms with van der Waals surface area (Å²) in [6.07, 6.45) is 5.02. The van der Waals surface area contributed by atoms with Crippen molar-refractivity contribution in [1.82, 2.24) is 0 Å². The molecule has 1 aliphatic carbocycles. The standard InChI is InChI=1S/C28H24Cl2N2O4S/c1-2-35-28(34)25-22-8-3-4-9-24(22)37-27(25)32-26(33)19(15-31)13-18-14-21(30)10-11-23(18)36-16-17-6-5-7-20(29)12-17/h5-7,10-14H,2-4,8-9,16H2,1H3,(H,32,33)/b19-13+. The Kier molecular flexibility index (Phi) is 8.88. The van der Waals surface area contributed by atoms with E-state index in [9.17, 15) is 14.9 Å². The molecule has 0 bridgehead atoms. The van der Waals surface area contributed by atoms with E-state index in [-0.39, 0.29) is 18.8 Å². The van der Waals surface area contributed by atoms with E-state index >= 15 is 0 Å². The lowest BCUT2D eigenvalue weighted by molar-refractivity contribution is -0.112. The second kappa shape index (κ2) is 12.3. The number of aryl methyl sites for hydroxylation is 1. The second-order valence-electron chi connectivity index (χ2n) is 8.36. The predicted molar refractivity (Wildman–Crippen MR) is 146 cm³/mol.